The summed E-state index contributed by atoms with van der Waals surface area (Å²) in [5.41, 5.74) is 3.53. The van der Waals surface area contributed by atoms with Gasteiger partial charge in [-0.1, -0.05) is 12.1 Å². The maximum atomic E-state index is 11.8. The molecule has 0 aromatic heterocycles. The molecule has 7 heteroatoms. The van der Waals surface area contributed by atoms with Crippen LogP contribution < -0.4 is 20.2 Å². The molecule has 0 radical (unpaired) electrons. The molecule has 0 fully saturated rings. The molecule has 7 nitrogen and oxygen atoms in total. The summed E-state index contributed by atoms with van der Waals surface area (Å²) in [4.78, 5) is 11.8. The fraction of sp³-hybridized carbons (Fsp3) is 0.176. The van der Waals surface area contributed by atoms with Crippen molar-refractivity contribution in [3.05, 3.63) is 48.0 Å². The first-order chi connectivity index (χ1) is 11.6. The smallest absolute Gasteiger partial charge is 0.259 e. The van der Waals surface area contributed by atoms with Crippen molar-refractivity contribution in [3.8, 4) is 17.2 Å². The minimum atomic E-state index is -0.334. The fourth-order valence-corrected chi connectivity index (χ4v) is 1.94. The molecule has 0 aliphatic heterocycles. The molecule has 0 aliphatic carbocycles. The van der Waals surface area contributed by atoms with Gasteiger partial charge in [0.15, 0.2) is 0 Å². The zero-order valence-electron chi connectivity index (χ0n) is 13.4. The van der Waals surface area contributed by atoms with Gasteiger partial charge in [0.05, 0.1) is 32.7 Å². The number of hydrogen-bond acceptors (Lipinski definition) is 6. The summed E-state index contributed by atoms with van der Waals surface area (Å²) in [6.45, 7) is 0.0296. The largest absolute Gasteiger partial charge is 0.507 e. The number of carbonyl (C=O) groups excluding carboxylic acids is 1. The van der Waals surface area contributed by atoms with E-state index < -0.39 is 0 Å². The van der Waals surface area contributed by atoms with Crippen LogP contribution in [0.2, 0.25) is 0 Å². The van der Waals surface area contributed by atoms with Crippen LogP contribution in [0.4, 0.5) is 5.69 Å². The number of rotatable bonds is 7. The Balaban J connectivity index is 1.89. The van der Waals surface area contributed by atoms with Crippen LogP contribution >= 0.6 is 0 Å². The lowest BCUT2D eigenvalue weighted by Gasteiger charge is -2.09. The number of amides is 1. The number of phenols is 1. The minimum absolute atomic E-state index is 0.0296. The first-order valence-corrected chi connectivity index (χ1v) is 7.20. The molecule has 3 N–H and O–H groups in total. The van der Waals surface area contributed by atoms with Crippen LogP contribution in [-0.4, -0.2) is 38.0 Å². The average molecular weight is 329 g/mol. The van der Waals surface area contributed by atoms with E-state index in [0.717, 1.165) is 0 Å². The number of ether oxygens (including phenoxy) is 2. The van der Waals surface area contributed by atoms with Crippen molar-refractivity contribution in [2.24, 2.45) is 5.10 Å². The third kappa shape index (κ3) is 4.64. The van der Waals surface area contributed by atoms with Gasteiger partial charge in [-0.2, -0.15) is 5.10 Å². The van der Waals surface area contributed by atoms with Gasteiger partial charge in [0.1, 0.15) is 17.2 Å². The van der Waals surface area contributed by atoms with Crippen molar-refractivity contribution < 1.29 is 19.4 Å². The number of hydrazone groups is 1. The quantitative estimate of drug-likeness (QED) is 0.533. The van der Waals surface area contributed by atoms with Crippen molar-refractivity contribution in [2.45, 2.75) is 0 Å². The highest BCUT2D eigenvalue weighted by Gasteiger charge is 2.04. The average Bonchev–Trinajstić information content (AvgIpc) is 2.61. The highest BCUT2D eigenvalue weighted by Crippen LogP contribution is 2.22. The molecule has 2 aromatic carbocycles. The maximum Gasteiger partial charge on any atom is 0.259 e. The SMILES string of the molecule is COc1ccc(O)c(/C=N\NC(=O)CNc2ccccc2OC)c1. The number of anilines is 1. The molecule has 0 saturated carbocycles. The third-order valence-electron chi connectivity index (χ3n) is 3.17. The molecule has 0 bridgehead atoms. The van der Waals surface area contributed by atoms with Gasteiger partial charge < -0.3 is 19.9 Å². The lowest BCUT2D eigenvalue weighted by molar-refractivity contribution is -0.119. The Bertz CT molecular complexity index is 732. The highest BCUT2D eigenvalue weighted by atomic mass is 16.5. The van der Waals surface area contributed by atoms with Crippen molar-refractivity contribution in [1.82, 2.24) is 5.43 Å². The van der Waals surface area contributed by atoms with Gasteiger partial charge in [-0.05, 0) is 30.3 Å². The van der Waals surface area contributed by atoms with Gasteiger partial charge in [0.2, 0.25) is 0 Å². The topological polar surface area (TPSA) is 92.2 Å². The summed E-state index contributed by atoms with van der Waals surface area (Å²) in [5, 5.41) is 16.5. The Labute approximate surface area is 139 Å². The number of phenolic OH excluding ortho intramolecular Hbond substituents is 1. The second kappa shape index (κ2) is 8.42. The van der Waals surface area contributed by atoms with Crippen LogP contribution in [0.1, 0.15) is 5.56 Å². The lowest BCUT2D eigenvalue weighted by atomic mass is 10.2. The zero-order chi connectivity index (χ0) is 17.4. The molecule has 0 spiro atoms. The van der Waals surface area contributed by atoms with E-state index >= 15 is 0 Å². The highest BCUT2D eigenvalue weighted by molar-refractivity contribution is 5.86. The second-order valence-corrected chi connectivity index (χ2v) is 4.77. The Kier molecular flexibility index (Phi) is 6.01. The second-order valence-electron chi connectivity index (χ2n) is 4.77. The van der Waals surface area contributed by atoms with Crippen LogP contribution in [0.15, 0.2) is 47.6 Å². The van der Waals surface area contributed by atoms with Crippen molar-refractivity contribution >= 4 is 17.8 Å². The van der Waals surface area contributed by atoms with Crippen molar-refractivity contribution in [1.29, 1.82) is 0 Å². The molecular formula is C17H19N3O4. The van der Waals surface area contributed by atoms with E-state index in [1.807, 2.05) is 18.2 Å². The van der Waals surface area contributed by atoms with Crippen molar-refractivity contribution in [2.75, 3.05) is 26.1 Å². The summed E-state index contributed by atoms with van der Waals surface area (Å²) >= 11 is 0. The predicted octanol–water partition coefficient (Wildman–Crippen LogP) is 1.97. The van der Waals surface area contributed by atoms with E-state index in [1.54, 1.807) is 25.3 Å². The van der Waals surface area contributed by atoms with Gasteiger partial charge in [-0.15, -0.1) is 0 Å². The van der Waals surface area contributed by atoms with Gasteiger partial charge in [-0.3, -0.25) is 4.79 Å². The first-order valence-electron chi connectivity index (χ1n) is 7.20. The summed E-state index contributed by atoms with van der Waals surface area (Å²) in [7, 11) is 3.09. The molecule has 0 aliphatic rings. The number of methoxy groups -OCH3 is 2. The molecule has 0 saturated heterocycles. The molecule has 0 unspecified atom stereocenters. The molecule has 24 heavy (non-hydrogen) atoms. The van der Waals surface area contributed by atoms with Crippen LogP contribution in [-0.2, 0) is 4.79 Å². The third-order valence-corrected chi connectivity index (χ3v) is 3.17. The maximum absolute atomic E-state index is 11.8. The number of aromatic hydroxyl groups is 1. The molecule has 1 amide bonds. The normalized spacial score (nSPS) is 10.4. The van der Waals surface area contributed by atoms with E-state index in [2.05, 4.69) is 15.8 Å². The van der Waals surface area contributed by atoms with Gasteiger partial charge >= 0.3 is 0 Å². The number of para-hydroxylation sites is 2. The summed E-state index contributed by atoms with van der Waals surface area (Å²) in [6.07, 6.45) is 1.35. The van der Waals surface area contributed by atoms with Crippen molar-refractivity contribution in [3.63, 3.8) is 0 Å². The van der Waals surface area contributed by atoms with E-state index in [9.17, 15) is 9.90 Å². The number of hydrogen-bond donors (Lipinski definition) is 3. The Morgan fingerprint density at radius 2 is 2.00 bits per heavy atom. The first kappa shape index (κ1) is 17.1. The Morgan fingerprint density at radius 3 is 2.75 bits per heavy atom. The van der Waals surface area contributed by atoms with E-state index in [-0.39, 0.29) is 18.2 Å². The van der Waals surface area contributed by atoms with Crippen LogP contribution in [0.3, 0.4) is 0 Å². The molecule has 0 heterocycles. The fourth-order valence-electron chi connectivity index (χ4n) is 1.94. The molecule has 2 aromatic rings. The molecule has 0 atom stereocenters. The number of benzene rings is 2. The molecular weight excluding hydrogens is 310 g/mol. The molecule has 2 rings (SSSR count). The minimum Gasteiger partial charge on any atom is -0.507 e. The summed E-state index contributed by atoms with van der Waals surface area (Å²) in [6, 6.07) is 12.0. The summed E-state index contributed by atoms with van der Waals surface area (Å²) in [5.74, 6) is 0.939. The van der Waals surface area contributed by atoms with Gasteiger partial charge in [-0.25, -0.2) is 5.43 Å². The monoisotopic (exact) mass is 329 g/mol. The molecule has 126 valence electrons. The Morgan fingerprint density at radius 1 is 1.21 bits per heavy atom. The van der Waals surface area contributed by atoms with E-state index in [0.29, 0.717) is 22.7 Å². The van der Waals surface area contributed by atoms with E-state index in [4.69, 9.17) is 9.47 Å². The zero-order valence-corrected chi connectivity index (χ0v) is 13.4. The number of nitrogens with one attached hydrogen (secondary N) is 2. The van der Waals surface area contributed by atoms with Crippen LogP contribution in [0.25, 0.3) is 0 Å². The van der Waals surface area contributed by atoms with Crippen LogP contribution in [0.5, 0.6) is 17.2 Å². The van der Waals surface area contributed by atoms with Gasteiger partial charge in [0.25, 0.3) is 5.91 Å². The number of carbonyl (C=O) groups is 1. The Hall–Kier alpha value is -3.22. The standard InChI is InChI=1S/C17H19N3O4/c1-23-13-7-8-15(21)12(9-13)10-19-20-17(22)11-18-14-5-3-4-6-16(14)24-2/h3-10,18,21H,11H2,1-2H3,(H,20,22)/b19-10-. The van der Waals surface area contributed by atoms with Gasteiger partial charge in [0, 0.05) is 5.56 Å². The lowest BCUT2D eigenvalue weighted by Crippen LogP contribution is -2.26. The summed E-state index contributed by atoms with van der Waals surface area (Å²) < 4.78 is 10.3. The van der Waals surface area contributed by atoms with E-state index in [1.165, 1.54) is 19.4 Å². The van der Waals surface area contributed by atoms with Crippen LogP contribution in [0, 0.1) is 0 Å². The number of nitrogens with zero attached hydrogens (tertiary/aromatic N) is 1. The predicted molar refractivity (Wildman–Crippen MR) is 91.9 cm³/mol.